The molecule has 0 heterocycles. The second-order valence-corrected chi connectivity index (χ2v) is 5.79. The van der Waals surface area contributed by atoms with Crippen molar-refractivity contribution in [3.8, 4) is 0 Å². The Kier molecular flexibility index (Phi) is 5.55. The van der Waals surface area contributed by atoms with Crippen molar-refractivity contribution >= 4 is 22.3 Å². The van der Waals surface area contributed by atoms with E-state index in [-0.39, 0.29) is 13.0 Å². The summed E-state index contributed by atoms with van der Waals surface area (Å²) in [5, 5.41) is 8.90. The van der Waals surface area contributed by atoms with E-state index in [1.807, 2.05) is 0 Å². The first-order valence-electron chi connectivity index (χ1n) is 6.03. The van der Waals surface area contributed by atoms with Crippen LogP contribution in [-0.2, 0) is 19.7 Å². The maximum Gasteiger partial charge on any atom is 0.421 e. The van der Waals surface area contributed by atoms with Crippen molar-refractivity contribution in [2.75, 3.05) is 6.61 Å². The van der Waals surface area contributed by atoms with E-state index in [0.29, 0.717) is 19.3 Å². The lowest BCUT2D eigenvalue weighted by Crippen LogP contribution is -2.47. The maximum absolute atomic E-state index is 11.6. The Morgan fingerprint density at radius 1 is 1.37 bits per heavy atom. The lowest BCUT2D eigenvalue weighted by Gasteiger charge is -2.26. The molecule has 8 nitrogen and oxygen atoms in total. The lowest BCUT2D eigenvalue weighted by molar-refractivity contribution is -0.143. The van der Waals surface area contributed by atoms with Crippen molar-refractivity contribution < 1.29 is 27.9 Å². The SMILES string of the molecule is CCOC(=O)NS(=O)(=O)NC1CCCC(C(=O)O)C1. The fourth-order valence-corrected chi connectivity index (χ4v) is 3.03. The fraction of sp³-hybridized carbons (Fsp3) is 0.800. The van der Waals surface area contributed by atoms with Gasteiger partial charge in [0, 0.05) is 6.04 Å². The van der Waals surface area contributed by atoms with Gasteiger partial charge in [-0.1, -0.05) is 6.42 Å². The van der Waals surface area contributed by atoms with E-state index in [4.69, 9.17) is 5.11 Å². The van der Waals surface area contributed by atoms with Gasteiger partial charge in [-0.15, -0.1) is 0 Å². The minimum absolute atomic E-state index is 0.0614. The summed E-state index contributed by atoms with van der Waals surface area (Å²) >= 11 is 0. The summed E-state index contributed by atoms with van der Waals surface area (Å²) in [6.07, 6.45) is 0.884. The Balaban J connectivity index is 2.53. The number of hydrogen-bond acceptors (Lipinski definition) is 5. The van der Waals surface area contributed by atoms with Crippen molar-refractivity contribution in [3.05, 3.63) is 0 Å². The van der Waals surface area contributed by atoms with Gasteiger partial charge in [0.25, 0.3) is 0 Å². The quantitative estimate of drug-likeness (QED) is 0.666. The van der Waals surface area contributed by atoms with E-state index < -0.39 is 34.2 Å². The summed E-state index contributed by atoms with van der Waals surface area (Å²) in [5.74, 6) is -1.48. The van der Waals surface area contributed by atoms with Crippen LogP contribution in [0.3, 0.4) is 0 Å². The number of ether oxygens (including phenoxy) is 1. The minimum atomic E-state index is -4.02. The number of rotatable bonds is 5. The number of carboxylic acids is 1. The van der Waals surface area contributed by atoms with Crippen LogP contribution >= 0.6 is 0 Å². The summed E-state index contributed by atoms with van der Waals surface area (Å²) in [7, 11) is -4.02. The van der Waals surface area contributed by atoms with E-state index in [1.165, 1.54) is 0 Å². The third-order valence-electron chi connectivity index (χ3n) is 2.84. The summed E-state index contributed by atoms with van der Waals surface area (Å²) in [4.78, 5) is 21.9. The van der Waals surface area contributed by atoms with E-state index in [2.05, 4.69) is 9.46 Å². The number of amides is 1. The molecule has 1 amide bonds. The Morgan fingerprint density at radius 3 is 2.63 bits per heavy atom. The number of aliphatic carboxylic acids is 1. The molecular formula is C10H18N2O6S. The normalized spacial score (nSPS) is 23.6. The average Bonchev–Trinajstić information content (AvgIpc) is 2.27. The van der Waals surface area contributed by atoms with Crippen molar-refractivity contribution in [1.82, 2.24) is 9.44 Å². The molecule has 2 unspecified atom stereocenters. The standard InChI is InChI=1S/C10H18N2O6S/c1-2-18-10(15)12-19(16,17)11-8-5-3-4-7(6-8)9(13)14/h7-8,11H,2-6H2,1H3,(H,12,15)(H,13,14). The number of carbonyl (C=O) groups excluding carboxylic acids is 1. The molecule has 19 heavy (non-hydrogen) atoms. The van der Waals surface area contributed by atoms with E-state index in [0.717, 1.165) is 0 Å². The predicted molar refractivity (Wildman–Crippen MR) is 65.6 cm³/mol. The van der Waals surface area contributed by atoms with Crippen LogP contribution in [0.4, 0.5) is 4.79 Å². The first-order valence-corrected chi connectivity index (χ1v) is 7.52. The molecule has 110 valence electrons. The molecule has 1 saturated carbocycles. The van der Waals surface area contributed by atoms with Gasteiger partial charge in [0.05, 0.1) is 12.5 Å². The zero-order valence-electron chi connectivity index (χ0n) is 10.6. The van der Waals surface area contributed by atoms with Crippen molar-refractivity contribution in [2.45, 2.75) is 38.6 Å². The van der Waals surface area contributed by atoms with Gasteiger partial charge in [0.15, 0.2) is 0 Å². The molecule has 0 aromatic heterocycles. The molecule has 0 aromatic carbocycles. The van der Waals surface area contributed by atoms with Gasteiger partial charge in [-0.05, 0) is 26.2 Å². The van der Waals surface area contributed by atoms with Gasteiger partial charge >= 0.3 is 22.3 Å². The third-order valence-corrected chi connectivity index (χ3v) is 3.92. The molecule has 1 fully saturated rings. The zero-order valence-corrected chi connectivity index (χ0v) is 11.4. The molecule has 0 aliphatic heterocycles. The van der Waals surface area contributed by atoms with Crippen LogP contribution in [0, 0.1) is 5.92 Å². The molecule has 0 aromatic rings. The number of carboxylic acid groups (broad SMARTS) is 1. The topological polar surface area (TPSA) is 122 Å². The van der Waals surface area contributed by atoms with Crippen LogP contribution in [0.5, 0.6) is 0 Å². The first kappa shape index (κ1) is 15.7. The zero-order chi connectivity index (χ0) is 14.5. The highest BCUT2D eigenvalue weighted by Crippen LogP contribution is 2.24. The van der Waals surface area contributed by atoms with Crippen molar-refractivity contribution in [2.24, 2.45) is 5.92 Å². The Labute approximate surface area is 111 Å². The first-order chi connectivity index (χ1) is 8.84. The average molecular weight is 294 g/mol. The molecule has 0 radical (unpaired) electrons. The molecule has 0 bridgehead atoms. The number of hydrogen-bond donors (Lipinski definition) is 3. The molecule has 9 heteroatoms. The molecule has 1 aliphatic carbocycles. The van der Waals surface area contributed by atoms with Crippen LogP contribution in [0.1, 0.15) is 32.6 Å². The lowest BCUT2D eigenvalue weighted by atomic mass is 9.86. The smallest absolute Gasteiger partial charge is 0.421 e. The summed E-state index contributed by atoms with van der Waals surface area (Å²) in [5.41, 5.74) is 0. The van der Waals surface area contributed by atoms with Crippen LogP contribution in [0.25, 0.3) is 0 Å². The minimum Gasteiger partial charge on any atom is -0.481 e. The Hall–Kier alpha value is -1.35. The monoisotopic (exact) mass is 294 g/mol. The van der Waals surface area contributed by atoms with E-state index in [1.54, 1.807) is 11.6 Å². The van der Waals surface area contributed by atoms with E-state index in [9.17, 15) is 18.0 Å². The highest BCUT2D eigenvalue weighted by molar-refractivity contribution is 7.88. The molecule has 1 rings (SSSR count). The summed E-state index contributed by atoms with van der Waals surface area (Å²) < 4.78 is 31.6. The fourth-order valence-electron chi connectivity index (χ4n) is 2.04. The third kappa shape index (κ3) is 5.43. The van der Waals surface area contributed by atoms with Gasteiger partial charge in [-0.2, -0.15) is 13.1 Å². The maximum atomic E-state index is 11.6. The van der Waals surface area contributed by atoms with Crippen molar-refractivity contribution in [1.29, 1.82) is 0 Å². The Bertz CT molecular complexity index is 435. The highest BCUT2D eigenvalue weighted by atomic mass is 32.2. The van der Waals surface area contributed by atoms with Crippen LogP contribution in [-0.4, -0.2) is 38.2 Å². The van der Waals surface area contributed by atoms with Crippen LogP contribution < -0.4 is 9.44 Å². The molecule has 3 N–H and O–H groups in total. The van der Waals surface area contributed by atoms with Crippen molar-refractivity contribution in [3.63, 3.8) is 0 Å². The van der Waals surface area contributed by atoms with Gasteiger partial charge in [-0.25, -0.2) is 9.52 Å². The Morgan fingerprint density at radius 2 is 2.05 bits per heavy atom. The number of carbonyl (C=O) groups is 2. The molecule has 1 aliphatic rings. The van der Waals surface area contributed by atoms with Crippen LogP contribution in [0.15, 0.2) is 0 Å². The molecule has 2 atom stereocenters. The highest BCUT2D eigenvalue weighted by Gasteiger charge is 2.30. The van der Waals surface area contributed by atoms with Gasteiger partial charge < -0.3 is 9.84 Å². The largest absolute Gasteiger partial charge is 0.481 e. The second kappa shape index (κ2) is 6.71. The van der Waals surface area contributed by atoms with E-state index >= 15 is 0 Å². The molecule has 0 spiro atoms. The van der Waals surface area contributed by atoms with Crippen LogP contribution in [0.2, 0.25) is 0 Å². The summed E-state index contributed by atoms with van der Waals surface area (Å²) in [6.45, 7) is 1.62. The summed E-state index contributed by atoms with van der Waals surface area (Å²) in [6, 6.07) is -0.484. The second-order valence-electron chi connectivity index (χ2n) is 4.34. The molecule has 0 saturated heterocycles. The van der Waals surface area contributed by atoms with Gasteiger partial charge in [-0.3, -0.25) is 4.79 Å². The van der Waals surface area contributed by atoms with Gasteiger partial charge in [0.1, 0.15) is 0 Å². The predicted octanol–water partition coefficient (Wildman–Crippen LogP) is 0.210. The van der Waals surface area contributed by atoms with Gasteiger partial charge in [0.2, 0.25) is 0 Å². The molecular weight excluding hydrogens is 276 g/mol. The number of nitrogens with one attached hydrogen (secondary N) is 2.